The van der Waals surface area contributed by atoms with Gasteiger partial charge in [0.05, 0.1) is 6.16 Å². The second-order valence-corrected chi connectivity index (χ2v) is 7.09. The van der Waals surface area contributed by atoms with Crippen LogP contribution in [-0.2, 0) is 18.6 Å². The van der Waals surface area contributed by atoms with Crippen LogP contribution in [0.25, 0.3) is 0 Å². The van der Waals surface area contributed by atoms with Crippen LogP contribution in [-0.4, -0.2) is 73.2 Å². The van der Waals surface area contributed by atoms with E-state index in [2.05, 4.69) is 5.32 Å². The molecule has 0 spiro atoms. The van der Waals surface area contributed by atoms with Crippen molar-refractivity contribution in [1.29, 1.82) is 0 Å². The Balaban J connectivity index is -0.000000370. The average molecular weight is 430 g/mol. The molecule has 8 nitrogen and oxygen atoms in total. The fourth-order valence-corrected chi connectivity index (χ4v) is 2.77. The number of carbonyl (C=O) groups is 2. The molecule has 1 saturated carbocycles. The second kappa shape index (κ2) is 28.0. The third kappa shape index (κ3) is 30.8. The highest BCUT2D eigenvalue weighted by Gasteiger charge is 2.22. The first-order valence-electron chi connectivity index (χ1n) is 9.36. The van der Waals surface area contributed by atoms with Gasteiger partial charge < -0.3 is 35.1 Å². The lowest BCUT2D eigenvalue weighted by Gasteiger charge is -2.11. The molecule has 1 rings (SSSR count). The molecule has 0 aromatic rings. The van der Waals surface area contributed by atoms with Crippen molar-refractivity contribution in [1.82, 2.24) is 5.32 Å². The molecule has 5 N–H and O–H groups in total. The first kappa shape index (κ1) is 31.5. The lowest BCUT2D eigenvalue weighted by atomic mass is 10.2. The van der Waals surface area contributed by atoms with Crippen LogP contribution < -0.4 is 11.1 Å². The lowest BCUT2D eigenvalue weighted by Crippen LogP contribution is -2.35. The van der Waals surface area contributed by atoms with E-state index in [1.54, 1.807) is 13.8 Å². The summed E-state index contributed by atoms with van der Waals surface area (Å²) in [7, 11) is 0.650. The van der Waals surface area contributed by atoms with Crippen LogP contribution in [0.5, 0.6) is 0 Å². The molecule has 0 bridgehead atoms. The second-order valence-electron chi connectivity index (χ2n) is 5.17. The first-order valence-corrected chi connectivity index (χ1v) is 11.6. The fourth-order valence-electron chi connectivity index (χ4n) is 1.84. The minimum Gasteiger partial charge on any atom is -0.397 e. The Labute approximate surface area is 168 Å². The predicted octanol–water partition coefficient (Wildman–Crippen LogP) is 1.42. The average Bonchev–Trinajstić information content (AvgIpc) is 3.02. The molecule has 164 valence electrons. The van der Waals surface area contributed by atoms with Gasteiger partial charge in [0.2, 0.25) is 5.91 Å². The van der Waals surface area contributed by atoms with Crippen molar-refractivity contribution >= 4 is 29.8 Å². The number of nitrogens with one attached hydrogen (secondary N) is 1. The summed E-state index contributed by atoms with van der Waals surface area (Å²) in [5.41, 5.74) is 5.75. The number of aldehydes is 1. The molecule has 0 aliphatic heterocycles. The van der Waals surface area contributed by atoms with Gasteiger partial charge in [-0.15, -0.1) is 0 Å². The summed E-state index contributed by atoms with van der Waals surface area (Å²) < 4.78 is 10.0. The van der Waals surface area contributed by atoms with Crippen LogP contribution in [0.4, 0.5) is 0 Å². The summed E-state index contributed by atoms with van der Waals surface area (Å²) in [6, 6.07) is 0.568. The molecule has 1 amide bonds. The number of carbonyl (C=O) groups excluding carboxylic acids is 2. The molecule has 0 heterocycles. The third-order valence-electron chi connectivity index (χ3n) is 2.73. The molecule has 0 saturated heterocycles. The van der Waals surface area contributed by atoms with Gasteiger partial charge in [-0.3, -0.25) is 4.79 Å². The Bertz CT molecular complexity index is 313. The maximum Gasteiger partial charge on any atom is 0.226 e. The minimum atomic E-state index is 0.0934. The zero-order chi connectivity index (χ0) is 21.3. The van der Waals surface area contributed by atoms with Crippen LogP contribution in [0.2, 0.25) is 0 Å². The largest absolute Gasteiger partial charge is 0.397 e. The molecular weight excluding hydrogens is 390 g/mol. The molecule has 0 aromatic heterocycles. The predicted molar refractivity (Wildman–Crippen MR) is 115 cm³/mol. The summed E-state index contributed by atoms with van der Waals surface area (Å²) in [6.45, 7) is 9.10. The Kier molecular flexibility index (Phi) is 32.7. The summed E-state index contributed by atoms with van der Waals surface area (Å²) in [5, 5.41) is 18.1. The SMILES string of the molecule is CCO.CCO.CCOPCC(=O)NC1CCC(N)C1.CCOPCC=O. The number of aliphatic hydroxyl groups is 2. The number of rotatable bonds is 9. The van der Waals surface area contributed by atoms with Gasteiger partial charge in [-0.2, -0.15) is 0 Å². The molecule has 4 unspecified atom stereocenters. The number of nitrogens with two attached hydrogens (primary N) is 1. The third-order valence-corrected chi connectivity index (χ3v) is 4.51. The van der Waals surface area contributed by atoms with Crippen molar-refractivity contribution in [2.24, 2.45) is 5.73 Å². The van der Waals surface area contributed by atoms with Crippen LogP contribution >= 0.6 is 17.6 Å². The minimum absolute atomic E-state index is 0.0934. The molecule has 4 atom stereocenters. The molecule has 1 aliphatic rings. The van der Waals surface area contributed by atoms with Gasteiger partial charge in [0.25, 0.3) is 0 Å². The highest BCUT2D eigenvalue weighted by Crippen LogP contribution is 2.17. The summed E-state index contributed by atoms with van der Waals surface area (Å²) in [4.78, 5) is 21.0. The van der Waals surface area contributed by atoms with Crippen molar-refractivity contribution in [3.8, 4) is 0 Å². The fraction of sp³-hybridized carbons (Fsp3) is 0.882. The van der Waals surface area contributed by atoms with E-state index in [0.717, 1.165) is 25.5 Å². The number of hydrogen-bond donors (Lipinski definition) is 4. The van der Waals surface area contributed by atoms with Gasteiger partial charge in [0, 0.05) is 62.3 Å². The van der Waals surface area contributed by atoms with Gasteiger partial charge in [-0.1, -0.05) is 0 Å². The first-order chi connectivity index (χ1) is 13.0. The Morgan fingerprint density at radius 1 is 1.11 bits per heavy atom. The Morgan fingerprint density at radius 2 is 1.63 bits per heavy atom. The van der Waals surface area contributed by atoms with E-state index >= 15 is 0 Å². The van der Waals surface area contributed by atoms with Crippen LogP contribution in [0.15, 0.2) is 0 Å². The number of aliphatic hydroxyl groups excluding tert-OH is 2. The van der Waals surface area contributed by atoms with Gasteiger partial charge in [0.1, 0.15) is 6.29 Å². The number of hydrogen-bond acceptors (Lipinski definition) is 7. The quantitative estimate of drug-likeness (QED) is 0.247. The van der Waals surface area contributed by atoms with E-state index in [1.807, 2.05) is 13.8 Å². The van der Waals surface area contributed by atoms with E-state index in [4.69, 9.17) is 25.0 Å². The standard InChI is InChI=1S/C9H19N2O2P.C4H9O2P.2C2H6O/c1-2-13-14-6-9(12)11-8-4-3-7(10)5-8;1-2-6-7-4-3-5;2*1-2-3/h7-8,14H,2-6,10H2,1H3,(H,11,12);3,7H,2,4H2,1H3;2*3H,2H2,1H3. The lowest BCUT2D eigenvalue weighted by molar-refractivity contribution is -0.119. The van der Waals surface area contributed by atoms with Crippen LogP contribution in [0, 0.1) is 0 Å². The summed E-state index contributed by atoms with van der Waals surface area (Å²) in [5.74, 6) is 0.0934. The maximum atomic E-state index is 11.4. The van der Waals surface area contributed by atoms with E-state index in [-0.39, 0.29) is 34.0 Å². The Morgan fingerprint density at radius 3 is 2.04 bits per heavy atom. The van der Waals surface area contributed by atoms with Crippen molar-refractivity contribution in [3.05, 3.63) is 0 Å². The van der Waals surface area contributed by atoms with E-state index in [1.165, 1.54) is 0 Å². The van der Waals surface area contributed by atoms with Gasteiger partial charge >= 0.3 is 0 Å². The number of amides is 1. The van der Waals surface area contributed by atoms with Crippen LogP contribution in [0.1, 0.15) is 47.0 Å². The normalized spacial score (nSPS) is 18.2. The van der Waals surface area contributed by atoms with Crippen molar-refractivity contribution in [2.75, 3.05) is 38.8 Å². The highest BCUT2D eigenvalue weighted by molar-refractivity contribution is 7.33. The molecule has 1 fully saturated rings. The topological polar surface area (TPSA) is 131 Å². The van der Waals surface area contributed by atoms with Crippen LogP contribution in [0.3, 0.4) is 0 Å². The summed E-state index contributed by atoms with van der Waals surface area (Å²) in [6.07, 6.45) is 4.87. The smallest absolute Gasteiger partial charge is 0.226 e. The monoisotopic (exact) mass is 430 g/mol. The van der Waals surface area contributed by atoms with E-state index in [0.29, 0.717) is 40.4 Å². The van der Waals surface area contributed by atoms with E-state index < -0.39 is 0 Å². The van der Waals surface area contributed by atoms with Gasteiger partial charge in [-0.25, -0.2) is 0 Å². The molecule has 0 aromatic carbocycles. The van der Waals surface area contributed by atoms with Crippen molar-refractivity contribution in [3.63, 3.8) is 0 Å². The zero-order valence-corrected chi connectivity index (χ0v) is 19.2. The molecule has 27 heavy (non-hydrogen) atoms. The van der Waals surface area contributed by atoms with Gasteiger partial charge in [-0.05, 0) is 47.0 Å². The molecule has 1 aliphatic carbocycles. The zero-order valence-electron chi connectivity index (χ0n) is 17.2. The maximum absolute atomic E-state index is 11.4. The van der Waals surface area contributed by atoms with E-state index in [9.17, 15) is 9.59 Å². The highest BCUT2D eigenvalue weighted by atomic mass is 31.1. The molecule has 0 radical (unpaired) electrons. The van der Waals surface area contributed by atoms with Crippen molar-refractivity contribution in [2.45, 2.75) is 59.0 Å². The molecular formula is C17H40N2O6P2. The van der Waals surface area contributed by atoms with Gasteiger partial charge in [0.15, 0.2) is 0 Å². The van der Waals surface area contributed by atoms with Crippen molar-refractivity contribution < 1.29 is 28.8 Å². The summed E-state index contributed by atoms with van der Waals surface area (Å²) >= 11 is 0. The molecule has 10 heteroatoms. The Hall–Kier alpha value is -0.200.